The molecule has 4 nitrogen and oxygen atoms in total. The van der Waals surface area contributed by atoms with Crippen molar-refractivity contribution < 1.29 is 22.8 Å². The molecule has 1 aromatic carbocycles. The van der Waals surface area contributed by atoms with Gasteiger partial charge in [0.2, 0.25) is 11.8 Å². The number of carbonyl (C=O) groups excluding carboxylic acids is 2. The fourth-order valence-electron chi connectivity index (χ4n) is 3.65. The van der Waals surface area contributed by atoms with Crippen LogP contribution in [0.3, 0.4) is 0 Å². The van der Waals surface area contributed by atoms with Crippen molar-refractivity contribution in [1.29, 1.82) is 0 Å². The molecule has 2 atom stereocenters. The van der Waals surface area contributed by atoms with E-state index >= 15 is 0 Å². The number of hydrogen-bond donors (Lipinski definition) is 1. The predicted octanol–water partition coefficient (Wildman–Crippen LogP) is 2.07. The minimum Gasteiger partial charge on any atom is -0.355 e. The average molecular weight is 326 g/mol. The van der Waals surface area contributed by atoms with Crippen LogP contribution in [0.5, 0.6) is 0 Å². The van der Waals surface area contributed by atoms with E-state index < -0.39 is 23.9 Å². The number of hydrogen-bond acceptors (Lipinski definition) is 2. The van der Waals surface area contributed by atoms with E-state index in [1.54, 1.807) is 0 Å². The molecular weight excluding hydrogens is 309 g/mol. The number of halogens is 3. The fourth-order valence-corrected chi connectivity index (χ4v) is 3.65. The summed E-state index contributed by atoms with van der Waals surface area (Å²) in [5.41, 5.74) is 0.152. The normalized spacial score (nSPS) is 27.5. The SMILES string of the molecule is O=C(CC(F)(F)F)N1CC[C@@]2(C1)C(=O)NC[C@H]2c1ccccc1. The Bertz CT molecular complexity index is 618. The molecule has 0 saturated carbocycles. The summed E-state index contributed by atoms with van der Waals surface area (Å²) in [6, 6.07) is 9.43. The number of rotatable bonds is 2. The lowest BCUT2D eigenvalue weighted by Crippen LogP contribution is -2.40. The highest BCUT2D eigenvalue weighted by molar-refractivity contribution is 5.88. The van der Waals surface area contributed by atoms with Gasteiger partial charge in [0.05, 0.1) is 5.41 Å². The van der Waals surface area contributed by atoms with Crippen LogP contribution < -0.4 is 5.32 Å². The van der Waals surface area contributed by atoms with Crippen LogP contribution in [0.2, 0.25) is 0 Å². The first-order valence-electron chi connectivity index (χ1n) is 7.50. The van der Waals surface area contributed by atoms with Gasteiger partial charge < -0.3 is 10.2 Å². The van der Waals surface area contributed by atoms with Gasteiger partial charge in [-0.15, -0.1) is 0 Å². The van der Waals surface area contributed by atoms with Crippen LogP contribution in [0, 0.1) is 5.41 Å². The average Bonchev–Trinajstić information content (AvgIpc) is 3.05. The Kier molecular flexibility index (Phi) is 3.82. The number of nitrogens with zero attached hydrogens (tertiary/aromatic N) is 1. The summed E-state index contributed by atoms with van der Waals surface area (Å²) in [6.07, 6.45) is -5.60. The Balaban J connectivity index is 1.81. The third-order valence-electron chi connectivity index (χ3n) is 4.79. The Morgan fingerprint density at radius 3 is 2.65 bits per heavy atom. The number of alkyl halides is 3. The van der Waals surface area contributed by atoms with E-state index in [0.717, 1.165) is 5.56 Å². The second kappa shape index (κ2) is 5.54. The predicted molar refractivity (Wildman–Crippen MR) is 76.5 cm³/mol. The van der Waals surface area contributed by atoms with Crippen LogP contribution in [0.15, 0.2) is 30.3 Å². The summed E-state index contributed by atoms with van der Waals surface area (Å²) < 4.78 is 37.3. The smallest absolute Gasteiger partial charge is 0.355 e. The maximum atomic E-state index is 12.4. The summed E-state index contributed by atoms with van der Waals surface area (Å²) in [5.74, 6) is -1.26. The summed E-state index contributed by atoms with van der Waals surface area (Å²) in [5, 5.41) is 2.81. The standard InChI is InChI=1S/C16H17F3N2O2/c17-16(18,19)8-13(22)21-7-6-15(10-21)12(9-20-14(15)23)11-4-2-1-3-5-11/h1-5,12H,6-10H2,(H,20,23)/t12-,15-/m0/s1. The van der Waals surface area contributed by atoms with Crippen LogP contribution in [0.1, 0.15) is 24.3 Å². The summed E-state index contributed by atoms with van der Waals surface area (Å²) in [4.78, 5) is 25.4. The van der Waals surface area contributed by atoms with Crippen molar-refractivity contribution in [2.45, 2.75) is 24.9 Å². The molecule has 2 fully saturated rings. The van der Waals surface area contributed by atoms with Gasteiger partial charge in [0.25, 0.3) is 0 Å². The van der Waals surface area contributed by atoms with Gasteiger partial charge >= 0.3 is 6.18 Å². The molecule has 3 rings (SSSR count). The van der Waals surface area contributed by atoms with Gasteiger partial charge in [-0.25, -0.2) is 0 Å². The van der Waals surface area contributed by atoms with Gasteiger partial charge in [-0.3, -0.25) is 9.59 Å². The van der Waals surface area contributed by atoms with Crippen molar-refractivity contribution in [1.82, 2.24) is 10.2 Å². The van der Waals surface area contributed by atoms with Crippen LogP contribution in [0.4, 0.5) is 13.2 Å². The van der Waals surface area contributed by atoms with Crippen molar-refractivity contribution >= 4 is 11.8 Å². The van der Waals surface area contributed by atoms with Crippen LogP contribution in [-0.4, -0.2) is 42.5 Å². The zero-order chi connectivity index (χ0) is 16.7. The van der Waals surface area contributed by atoms with E-state index in [-0.39, 0.29) is 24.9 Å². The van der Waals surface area contributed by atoms with E-state index in [1.807, 2.05) is 30.3 Å². The Morgan fingerprint density at radius 2 is 2.00 bits per heavy atom. The molecule has 7 heteroatoms. The highest BCUT2D eigenvalue weighted by atomic mass is 19.4. The zero-order valence-corrected chi connectivity index (χ0v) is 12.4. The third kappa shape index (κ3) is 2.92. The van der Waals surface area contributed by atoms with Crippen LogP contribution in [0.25, 0.3) is 0 Å². The minimum absolute atomic E-state index is 0.0489. The highest BCUT2D eigenvalue weighted by Crippen LogP contribution is 2.47. The van der Waals surface area contributed by atoms with E-state index in [1.165, 1.54) is 4.90 Å². The molecule has 0 aliphatic carbocycles. The van der Waals surface area contributed by atoms with E-state index in [9.17, 15) is 22.8 Å². The highest BCUT2D eigenvalue weighted by Gasteiger charge is 2.55. The van der Waals surface area contributed by atoms with E-state index in [4.69, 9.17) is 0 Å². The lowest BCUT2D eigenvalue weighted by atomic mass is 9.73. The van der Waals surface area contributed by atoms with Crippen molar-refractivity contribution in [3.63, 3.8) is 0 Å². The second-order valence-corrected chi connectivity index (χ2v) is 6.19. The Labute approximate surface area is 131 Å². The molecule has 124 valence electrons. The first-order chi connectivity index (χ1) is 10.8. The molecule has 0 bridgehead atoms. The number of likely N-dealkylation sites (tertiary alicyclic amines) is 1. The molecule has 2 heterocycles. The van der Waals surface area contributed by atoms with Crippen molar-refractivity contribution in [2.75, 3.05) is 19.6 Å². The van der Waals surface area contributed by atoms with E-state index in [0.29, 0.717) is 13.0 Å². The molecule has 2 aliphatic heterocycles. The minimum atomic E-state index is -4.52. The number of nitrogens with one attached hydrogen (secondary N) is 1. The molecule has 2 aliphatic rings. The van der Waals surface area contributed by atoms with Gasteiger partial charge in [0.1, 0.15) is 6.42 Å². The number of carbonyl (C=O) groups is 2. The first-order valence-corrected chi connectivity index (χ1v) is 7.50. The van der Waals surface area contributed by atoms with Gasteiger partial charge in [-0.05, 0) is 12.0 Å². The maximum absolute atomic E-state index is 12.4. The molecule has 0 aromatic heterocycles. The molecule has 2 saturated heterocycles. The van der Waals surface area contributed by atoms with Gasteiger partial charge in [-0.1, -0.05) is 30.3 Å². The monoisotopic (exact) mass is 326 g/mol. The summed E-state index contributed by atoms with van der Waals surface area (Å²) in [7, 11) is 0. The first kappa shape index (κ1) is 15.8. The molecule has 2 amide bonds. The lowest BCUT2D eigenvalue weighted by molar-refractivity contribution is -0.160. The number of amides is 2. The van der Waals surface area contributed by atoms with Crippen molar-refractivity contribution in [3.05, 3.63) is 35.9 Å². The topological polar surface area (TPSA) is 49.4 Å². The Morgan fingerprint density at radius 1 is 1.30 bits per heavy atom. The molecule has 0 radical (unpaired) electrons. The quantitative estimate of drug-likeness (QED) is 0.904. The Hall–Kier alpha value is -2.05. The van der Waals surface area contributed by atoms with Crippen molar-refractivity contribution in [2.24, 2.45) is 5.41 Å². The molecule has 1 N–H and O–H groups in total. The van der Waals surface area contributed by atoms with Gasteiger partial charge in [0, 0.05) is 25.6 Å². The molecule has 0 unspecified atom stereocenters. The molecule has 23 heavy (non-hydrogen) atoms. The summed E-state index contributed by atoms with van der Waals surface area (Å²) in [6.45, 7) is 0.684. The van der Waals surface area contributed by atoms with Crippen molar-refractivity contribution in [3.8, 4) is 0 Å². The van der Waals surface area contributed by atoms with E-state index in [2.05, 4.69) is 5.32 Å². The molecule has 1 spiro atoms. The lowest BCUT2D eigenvalue weighted by Gasteiger charge is -2.28. The van der Waals surface area contributed by atoms with Crippen LogP contribution >= 0.6 is 0 Å². The molecular formula is C16H17F3N2O2. The third-order valence-corrected chi connectivity index (χ3v) is 4.79. The summed E-state index contributed by atoms with van der Waals surface area (Å²) >= 11 is 0. The number of benzene rings is 1. The largest absolute Gasteiger partial charge is 0.397 e. The zero-order valence-electron chi connectivity index (χ0n) is 12.4. The maximum Gasteiger partial charge on any atom is 0.397 e. The van der Waals surface area contributed by atoms with Gasteiger partial charge in [0.15, 0.2) is 0 Å². The molecule has 1 aromatic rings. The second-order valence-electron chi connectivity index (χ2n) is 6.19. The fraction of sp³-hybridized carbons (Fsp3) is 0.500. The van der Waals surface area contributed by atoms with Gasteiger partial charge in [-0.2, -0.15) is 13.2 Å². The van der Waals surface area contributed by atoms with Crippen LogP contribution in [-0.2, 0) is 9.59 Å².